The van der Waals surface area contributed by atoms with E-state index < -0.39 is 11.6 Å². The highest BCUT2D eigenvalue weighted by atomic mass is 19.1. The van der Waals surface area contributed by atoms with E-state index in [2.05, 4.69) is 0 Å². The number of nitrogens with zero attached hydrogens (tertiary/aromatic N) is 2. The molecule has 0 fully saturated rings. The normalized spacial score (nSPS) is 22.8. The maximum Gasteiger partial charge on any atom is 0.343 e. The first-order chi connectivity index (χ1) is 15.3. The van der Waals surface area contributed by atoms with Crippen LogP contribution in [-0.2, 0) is 34.7 Å². The van der Waals surface area contributed by atoms with E-state index in [1.807, 2.05) is 6.42 Å². The minimum atomic E-state index is -1.89. The molecular weight excluding hydrogens is 413 g/mol. The number of carbonyl (C=O) groups is 1. The van der Waals surface area contributed by atoms with Gasteiger partial charge in [-0.3, -0.25) is 10.5 Å². The quantitative estimate of drug-likeness (QED) is 0.352. The fourth-order valence-corrected chi connectivity index (χ4v) is 5.41. The molecule has 3 aliphatic rings. The molecule has 1 aromatic carbocycles. The number of aliphatic hydroxyl groups is 1. The molecule has 4 heterocycles. The number of esters is 1. The Hall–Kier alpha value is -3.23. The summed E-state index contributed by atoms with van der Waals surface area (Å²) < 4.78 is 21.3. The maximum atomic E-state index is 14.7. The van der Waals surface area contributed by atoms with E-state index in [-0.39, 0.29) is 48.1 Å². The monoisotopic (exact) mass is 434 g/mol. The van der Waals surface area contributed by atoms with Crippen molar-refractivity contribution >= 4 is 16.9 Å². The average molecular weight is 434 g/mol. The summed E-state index contributed by atoms with van der Waals surface area (Å²) in [6, 6.07) is 2.69. The summed E-state index contributed by atoms with van der Waals surface area (Å²) >= 11 is 0. The number of benzene rings is 1. The summed E-state index contributed by atoms with van der Waals surface area (Å²) in [6.45, 7) is 3.50. The molecule has 0 bridgehead atoms. The first-order valence-electron chi connectivity index (χ1n) is 10.7. The van der Waals surface area contributed by atoms with E-state index in [0.717, 1.165) is 22.1 Å². The molecule has 0 spiro atoms. The third-order valence-electron chi connectivity index (χ3n) is 7.26. The summed E-state index contributed by atoms with van der Waals surface area (Å²) in [4.78, 5) is 30.5. The first kappa shape index (κ1) is 19.5. The van der Waals surface area contributed by atoms with Gasteiger partial charge in [-0.25, -0.2) is 14.2 Å². The van der Waals surface area contributed by atoms with E-state index in [0.29, 0.717) is 28.9 Å². The summed E-state index contributed by atoms with van der Waals surface area (Å²) in [5.74, 6) is -1.10. The predicted octanol–water partition coefficient (Wildman–Crippen LogP) is 2.29. The minimum Gasteiger partial charge on any atom is -0.458 e. The van der Waals surface area contributed by atoms with Crippen LogP contribution < -0.4 is 11.3 Å². The molecule has 0 unspecified atom stereocenters. The van der Waals surface area contributed by atoms with Gasteiger partial charge in [0.05, 0.1) is 29.0 Å². The van der Waals surface area contributed by atoms with Crippen LogP contribution in [0.25, 0.3) is 22.3 Å². The molecule has 0 radical (unpaired) electrons. The molecule has 32 heavy (non-hydrogen) atoms. The topological polar surface area (TPSA) is 107 Å². The van der Waals surface area contributed by atoms with Gasteiger partial charge in [0.1, 0.15) is 25.3 Å². The number of cyclic esters (lactones) is 1. The molecule has 0 saturated heterocycles. The average Bonchev–Trinajstić information content (AvgIpc) is 3.14. The molecule has 3 aromatic rings. The summed E-state index contributed by atoms with van der Waals surface area (Å²) in [5.41, 5.74) is 9.40. The second-order valence-electron chi connectivity index (χ2n) is 8.78. The third kappa shape index (κ3) is 2.21. The Morgan fingerprint density at radius 1 is 1.34 bits per heavy atom. The van der Waals surface area contributed by atoms with E-state index in [4.69, 9.17) is 15.5 Å². The van der Waals surface area contributed by atoms with Crippen molar-refractivity contribution < 1.29 is 19.0 Å². The zero-order chi connectivity index (χ0) is 22.5. The highest BCUT2D eigenvalue weighted by Gasteiger charge is 2.46. The molecule has 8 heteroatoms. The zero-order valence-electron chi connectivity index (χ0n) is 17.7. The van der Waals surface area contributed by atoms with Crippen molar-refractivity contribution in [3.8, 4) is 11.4 Å². The molecule has 2 aromatic heterocycles. The van der Waals surface area contributed by atoms with Gasteiger partial charge in [0, 0.05) is 33.7 Å². The SMILES string of the molecule is CC[C@@]1(O)C(=O)OCc2c1cc1n(c2=O)Cc2c-1nc1cc(F)c(C)c3c1c2[C@@H](N)[CH+]C3. The summed E-state index contributed by atoms with van der Waals surface area (Å²) in [5, 5.41) is 11.9. The Morgan fingerprint density at radius 3 is 2.88 bits per heavy atom. The third-order valence-corrected chi connectivity index (χ3v) is 7.26. The lowest BCUT2D eigenvalue weighted by Gasteiger charge is -2.31. The number of carbonyl (C=O) groups excluding carboxylic acids is 1. The van der Waals surface area contributed by atoms with Crippen molar-refractivity contribution in [2.24, 2.45) is 5.73 Å². The predicted molar refractivity (Wildman–Crippen MR) is 114 cm³/mol. The van der Waals surface area contributed by atoms with Gasteiger partial charge in [0.2, 0.25) is 0 Å². The lowest BCUT2D eigenvalue weighted by Crippen LogP contribution is -2.44. The van der Waals surface area contributed by atoms with Gasteiger partial charge in [-0.2, -0.15) is 0 Å². The minimum absolute atomic E-state index is 0.0681. The molecule has 0 saturated carbocycles. The van der Waals surface area contributed by atoms with Gasteiger partial charge in [0.15, 0.2) is 11.6 Å². The van der Waals surface area contributed by atoms with Crippen molar-refractivity contribution in [1.29, 1.82) is 0 Å². The highest BCUT2D eigenvalue weighted by Crippen LogP contribution is 2.44. The van der Waals surface area contributed by atoms with E-state index in [1.54, 1.807) is 24.5 Å². The fourth-order valence-electron chi connectivity index (χ4n) is 5.41. The number of pyridine rings is 2. The smallest absolute Gasteiger partial charge is 0.343 e. The van der Waals surface area contributed by atoms with Crippen LogP contribution in [0.2, 0.25) is 0 Å². The Labute approximate surface area is 182 Å². The molecule has 1 aliphatic carbocycles. The molecule has 6 rings (SSSR count). The fraction of sp³-hybridized carbons (Fsp3) is 0.333. The molecule has 7 nitrogen and oxygen atoms in total. The number of hydrogen-bond acceptors (Lipinski definition) is 6. The Bertz CT molecular complexity index is 1440. The number of fused-ring (bicyclic) bond motifs is 5. The van der Waals surface area contributed by atoms with Gasteiger partial charge in [-0.05, 0) is 25.0 Å². The van der Waals surface area contributed by atoms with Crippen molar-refractivity contribution in [1.82, 2.24) is 9.55 Å². The van der Waals surface area contributed by atoms with Gasteiger partial charge in [-0.1, -0.05) is 6.92 Å². The summed E-state index contributed by atoms with van der Waals surface area (Å²) in [6.07, 6.45) is 2.57. The van der Waals surface area contributed by atoms with Gasteiger partial charge < -0.3 is 14.4 Å². The van der Waals surface area contributed by atoms with Crippen LogP contribution in [0.1, 0.15) is 52.8 Å². The van der Waals surface area contributed by atoms with Gasteiger partial charge >= 0.3 is 5.97 Å². The Morgan fingerprint density at radius 2 is 2.12 bits per heavy atom. The van der Waals surface area contributed by atoms with Crippen LogP contribution in [0.5, 0.6) is 0 Å². The standard InChI is InChI=1S/C24H21FN3O4/c1-3-24(31)14-6-18-21-12(8-28(18)22(29)13(14)9-32-23(24)30)19-16(26)5-4-11-10(2)15(25)7-17(27-21)20(11)19/h5-7,16,31H,3-4,8-9,26H2,1-2H3/q+1/t16-,24-/m0/s1. The van der Waals surface area contributed by atoms with Gasteiger partial charge in [-0.15, -0.1) is 0 Å². The zero-order valence-corrected chi connectivity index (χ0v) is 17.7. The second-order valence-corrected chi connectivity index (χ2v) is 8.78. The number of aromatic nitrogens is 2. The number of halogens is 1. The summed E-state index contributed by atoms with van der Waals surface area (Å²) in [7, 11) is 0. The van der Waals surface area contributed by atoms with E-state index in [1.165, 1.54) is 6.07 Å². The highest BCUT2D eigenvalue weighted by molar-refractivity contribution is 5.93. The van der Waals surface area contributed by atoms with Gasteiger partial charge in [0.25, 0.3) is 5.56 Å². The molecule has 2 aliphatic heterocycles. The maximum absolute atomic E-state index is 14.7. The molecule has 162 valence electrons. The van der Waals surface area contributed by atoms with E-state index in [9.17, 15) is 19.1 Å². The van der Waals surface area contributed by atoms with Crippen molar-refractivity contribution in [3.63, 3.8) is 0 Å². The molecular formula is C24H21FN3O4+. The molecule has 3 N–H and O–H groups in total. The van der Waals surface area contributed by atoms with Crippen LogP contribution in [-0.4, -0.2) is 20.6 Å². The van der Waals surface area contributed by atoms with Crippen LogP contribution in [0.4, 0.5) is 4.39 Å². The largest absolute Gasteiger partial charge is 0.458 e. The number of hydrogen-bond donors (Lipinski definition) is 2. The lowest BCUT2D eigenvalue weighted by molar-refractivity contribution is -0.172. The van der Waals surface area contributed by atoms with Crippen LogP contribution in [0.3, 0.4) is 0 Å². The Kier molecular flexibility index (Phi) is 3.75. The van der Waals surface area contributed by atoms with Crippen LogP contribution in [0, 0.1) is 19.2 Å². The van der Waals surface area contributed by atoms with Crippen molar-refractivity contribution in [3.05, 3.63) is 68.1 Å². The number of nitrogens with two attached hydrogens (primary N) is 1. The van der Waals surface area contributed by atoms with Crippen molar-refractivity contribution in [2.45, 2.75) is 51.5 Å². The lowest BCUT2D eigenvalue weighted by atomic mass is 9.82. The number of rotatable bonds is 1. The van der Waals surface area contributed by atoms with Crippen molar-refractivity contribution in [2.75, 3.05) is 0 Å². The second kappa shape index (κ2) is 6.17. The molecule has 0 amide bonds. The number of ether oxygens (including phenoxy) is 1. The van der Waals surface area contributed by atoms with Crippen LogP contribution >= 0.6 is 0 Å². The molecule has 2 atom stereocenters. The van der Waals surface area contributed by atoms with Crippen LogP contribution in [0.15, 0.2) is 16.9 Å². The first-order valence-corrected chi connectivity index (χ1v) is 10.7. The Balaban J connectivity index is 1.70. The van der Waals surface area contributed by atoms with E-state index >= 15 is 0 Å².